The maximum atomic E-state index is 13.6. The van der Waals surface area contributed by atoms with E-state index in [0.717, 1.165) is 48.8 Å². The average molecular weight is 449 g/mol. The molecule has 32 heavy (non-hydrogen) atoms. The minimum absolute atomic E-state index is 0.0538. The van der Waals surface area contributed by atoms with Crippen molar-refractivity contribution in [2.24, 2.45) is 0 Å². The van der Waals surface area contributed by atoms with Gasteiger partial charge in [-0.2, -0.15) is 0 Å². The van der Waals surface area contributed by atoms with Crippen molar-refractivity contribution >= 4 is 34.0 Å². The van der Waals surface area contributed by atoms with Crippen molar-refractivity contribution < 1.29 is 9.13 Å². The third-order valence-corrected chi connectivity index (χ3v) is 5.93. The number of aryl methyl sites for hydroxylation is 1. The second-order valence-electron chi connectivity index (χ2n) is 7.92. The summed E-state index contributed by atoms with van der Waals surface area (Å²) in [6, 6.07) is 14.5. The van der Waals surface area contributed by atoms with Gasteiger partial charge in [-0.3, -0.25) is 4.98 Å². The van der Waals surface area contributed by atoms with Gasteiger partial charge in [-0.15, -0.1) is 0 Å². The van der Waals surface area contributed by atoms with Crippen LogP contribution in [0.3, 0.4) is 0 Å². The maximum absolute atomic E-state index is 13.6. The molecule has 1 aliphatic heterocycles. The SMILES string of the molecule is Fc1ccc(Nc2nc(-c3cccnc3)nc3ccc(CCC4CCCO4)cc23)cc1Cl. The molecule has 2 aromatic carbocycles. The molecule has 1 atom stereocenters. The molecule has 1 fully saturated rings. The number of halogens is 2. The number of pyridine rings is 1. The summed E-state index contributed by atoms with van der Waals surface area (Å²) in [4.78, 5) is 13.7. The molecule has 162 valence electrons. The van der Waals surface area contributed by atoms with Crippen molar-refractivity contribution in [1.29, 1.82) is 0 Å². The predicted octanol–water partition coefficient (Wildman–Crippen LogP) is 6.34. The first kappa shape index (κ1) is 20.8. The van der Waals surface area contributed by atoms with Crippen LogP contribution in [0.2, 0.25) is 5.02 Å². The van der Waals surface area contributed by atoms with Crippen molar-refractivity contribution in [2.45, 2.75) is 31.8 Å². The number of aromatic nitrogens is 3. The van der Waals surface area contributed by atoms with Crippen molar-refractivity contribution in [3.8, 4) is 11.4 Å². The number of rotatable bonds is 6. The summed E-state index contributed by atoms with van der Waals surface area (Å²) in [7, 11) is 0. The zero-order chi connectivity index (χ0) is 21.9. The highest BCUT2D eigenvalue weighted by molar-refractivity contribution is 6.31. The number of fused-ring (bicyclic) bond motifs is 1. The minimum Gasteiger partial charge on any atom is -0.378 e. The molecular formula is C25H22ClFN4O. The lowest BCUT2D eigenvalue weighted by molar-refractivity contribution is 0.104. The summed E-state index contributed by atoms with van der Waals surface area (Å²) in [5, 5.41) is 4.25. The third-order valence-electron chi connectivity index (χ3n) is 5.64. The molecule has 0 saturated carbocycles. The molecule has 0 radical (unpaired) electrons. The van der Waals surface area contributed by atoms with E-state index in [9.17, 15) is 4.39 Å². The van der Waals surface area contributed by atoms with E-state index >= 15 is 0 Å². The van der Waals surface area contributed by atoms with Gasteiger partial charge in [0.05, 0.1) is 16.6 Å². The van der Waals surface area contributed by atoms with Gasteiger partial charge in [0.15, 0.2) is 5.82 Å². The summed E-state index contributed by atoms with van der Waals surface area (Å²) in [6.07, 6.45) is 7.97. The molecule has 1 N–H and O–H groups in total. The predicted molar refractivity (Wildman–Crippen MR) is 125 cm³/mol. The summed E-state index contributed by atoms with van der Waals surface area (Å²) < 4.78 is 19.4. The normalized spacial score (nSPS) is 15.9. The number of hydrogen-bond acceptors (Lipinski definition) is 5. The molecule has 1 unspecified atom stereocenters. The second-order valence-corrected chi connectivity index (χ2v) is 8.32. The Labute approximate surface area is 190 Å². The number of benzene rings is 2. The van der Waals surface area contributed by atoms with Crippen molar-refractivity contribution in [3.63, 3.8) is 0 Å². The second kappa shape index (κ2) is 9.18. The highest BCUT2D eigenvalue weighted by Crippen LogP contribution is 2.30. The van der Waals surface area contributed by atoms with Gasteiger partial charge in [0, 0.05) is 35.6 Å². The Kier molecular flexibility index (Phi) is 5.97. The molecule has 7 heteroatoms. The van der Waals surface area contributed by atoms with Gasteiger partial charge in [-0.1, -0.05) is 17.7 Å². The zero-order valence-corrected chi connectivity index (χ0v) is 18.1. The Balaban J connectivity index is 1.54. The van der Waals surface area contributed by atoms with E-state index in [1.165, 1.54) is 11.6 Å². The number of anilines is 2. The van der Waals surface area contributed by atoms with E-state index in [2.05, 4.69) is 22.4 Å². The summed E-state index contributed by atoms with van der Waals surface area (Å²) in [5.41, 5.74) is 3.48. The fourth-order valence-corrected chi connectivity index (χ4v) is 4.14. The Morgan fingerprint density at radius 1 is 1.12 bits per heavy atom. The first-order chi connectivity index (χ1) is 15.7. The Hall–Kier alpha value is -3.09. The lowest BCUT2D eigenvalue weighted by Crippen LogP contribution is -2.06. The van der Waals surface area contributed by atoms with Crippen LogP contribution in [0.15, 0.2) is 60.9 Å². The molecule has 2 aromatic heterocycles. The molecule has 3 heterocycles. The van der Waals surface area contributed by atoms with E-state index < -0.39 is 5.82 Å². The van der Waals surface area contributed by atoms with E-state index in [-0.39, 0.29) is 5.02 Å². The van der Waals surface area contributed by atoms with E-state index in [1.807, 2.05) is 18.2 Å². The van der Waals surface area contributed by atoms with Crippen molar-refractivity contribution in [2.75, 3.05) is 11.9 Å². The first-order valence-corrected chi connectivity index (χ1v) is 11.1. The van der Waals surface area contributed by atoms with Crippen LogP contribution in [-0.2, 0) is 11.2 Å². The highest BCUT2D eigenvalue weighted by Gasteiger charge is 2.16. The van der Waals surface area contributed by atoms with Gasteiger partial charge in [0.1, 0.15) is 11.6 Å². The van der Waals surface area contributed by atoms with E-state index in [1.54, 1.807) is 24.5 Å². The smallest absolute Gasteiger partial charge is 0.163 e. The van der Waals surface area contributed by atoms with Crippen LogP contribution in [-0.4, -0.2) is 27.7 Å². The maximum Gasteiger partial charge on any atom is 0.163 e. The quantitative estimate of drug-likeness (QED) is 0.373. The van der Waals surface area contributed by atoms with Crippen LogP contribution in [0.4, 0.5) is 15.9 Å². The fraction of sp³-hybridized carbons (Fsp3) is 0.240. The highest BCUT2D eigenvalue weighted by atomic mass is 35.5. The third kappa shape index (κ3) is 4.56. The lowest BCUT2D eigenvalue weighted by atomic mass is 10.0. The number of hydrogen-bond donors (Lipinski definition) is 1. The van der Waals surface area contributed by atoms with Gasteiger partial charge in [0.2, 0.25) is 0 Å². The molecule has 5 nitrogen and oxygen atoms in total. The van der Waals surface area contributed by atoms with Crippen LogP contribution in [0.5, 0.6) is 0 Å². The standard InChI is InChI=1S/C25H22ClFN4O/c26-21-14-18(7-9-22(21)27)29-25-20-13-16(5-8-19-4-2-12-32-19)6-10-23(20)30-24(31-25)17-3-1-11-28-15-17/h1,3,6-7,9-11,13-15,19H,2,4-5,8,12H2,(H,29,30,31). The lowest BCUT2D eigenvalue weighted by Gasteiger charge is -2.13. The van der Waals surface area contributed by atoms with E-state index in [4.69, 9.17) is 26.3 Å². The first-order valence-electron chi connectivity index (χ1n) is 10.7. The minimum atomic E-state index is -0.461. The van der Waals surface area contributed by atoms with Crippen LogP contribution >= 0.6 is 11.6 Å². The zero-order valence-electron chi connectivity index (χ0n) is 17.4. The molecule has 5 rings (SSSR count). The number of ether oxygens (including phenoxy) is 1. The van der Waals surface area contributed by atoms with Gasteiger partial charge in [0.25, 0.3) is 0 Å². The molecule has 1 aliphatic rings. The monoisotopic (exact) mass is 448 g/mol. The largest absolute Gasteiger partial charge is 0.378 e. The molecule has 0 amide bonds. The van der Waals surface area contributed by atoms with E-state index in [0.29, 0.717) is 23.4 Å². The average Bonchev–Trinajstić information content (AvgIpc) is 3.34. The number of nitrogens with one attached hydrogen (secondary N) is 1. The molecule has 4 aromatic rings. The summed E-state index contributed by atoms with van der Waals surface area (Å²) in [6.45, 7) is 0.863. The van der Waals surface area contributed by atoms with Crippen LogP contribution < -0.4 is 5.32 Å². The molecular weight excluding hydrogens is 427 g/mol. The Morgan fingerprint density at radius 3 is 2.84 bits per heavy atom. The fourth-order valence-electron chi connectivity index (χ4n) is 3.96. The molecule has 0 aliphatic carbocycles. The van der Waals surface area contributed by atoms with Gasteiger partial charge < -0.3 is 10.1 Å². The van der Waals surface area contributed by atoms with Gasteiger partial charge >= 0.3 is 0 Å². The van der Waals surface area contributed by atoms with Crippen LogP contribution in [0.25, 0.3) is 22.3 Å². The topological polar surface area (TPSA) is 59.9 Å². The van der Waals surface area contributed by atoms with Gasteiger partial charge in [-0.25, -0.2) is 14.4 Å². The molecule has 0 bridgehead atoms. The van der Waals surface area contributed by atoms with Crippen molar-refractivity contribution in [3.05, 3.63) is 77.3 Å². The Bertz CT molecular complexity index is 1250. The Morgan fingerprint density at radius 2 is 2.06 bits per heavy atom. The number of nitrogens with zero attached hydrogens (tertiary/aromatic N) is 3. The van der Waals surface area contributed by atoms with Crippen LogP contribution in [0, 0.1) is 5.82 Å². The van der Waals surface area contributed by atoms with Gasteiger partial charge in [-0.05, 0) is 73.7 Å². The van der Waals surface area contributed by atoms with Crippen molar-refractivity contribution in [1.82, 2.24) is 15.0 Å². The molecule has 0 spiro atoms. The van der Waals surface area contributed by atoms with Crippen LogP contribution in [0.1, 0.15) is 24.8 Å². The molecule has 1 saturated heterocycles. The summed E-state index contributed by atoms with van der Waals surface area (Å²) >= 11 is 5.99. The summed E-state index contributed by atoms with van der Waals surface area (Å²) in [5.74, 6) is 0.737.